The van der Waals surface area contributed by atoms with Crippen molar-refractivity contribution in [1.29, 1.82) is 0 Å². The van der Waals surface area contributed by atoms with Crippen LogP contribution in [0.15, 0.2) is 54.7 Å². The van der Waals surface area contributed by atoms with Gasteiger partial charge in [0.25, 0.3) is 0 Å². The molecule has 3 heterocycles. The van der Waals surface area contributed by atoms with E-state index in [-0.39, 0.29) is 0 Å². The van der Waals surface area contributed by atoms with Crippen molar-refractivity contribution in [3.8, 4) is 0 Å². The molecule has 114 valence electrons. The van der Waals surface area contributed by atoms with Crippen LogP contribution in [0.1, 0.15) is 17.7 Å². The summed E-state index contributed by atoms with van der Waals surface area (Å²) in [5, 5.41) is 0. The minimum atomic E-state index is 0.388. The first kappa shape index (κ1) is 13.9. The molecule has 2 saturated heterocycles. The molecule has 0 bridgehead atoms. The lowest BCUT2D eigenvalue weighted by Crippen LogP contribution is -2.56. The Labute approximate surface area is 131 Å². The number of nitrogens with zero attached hydrogens (tertiary/aromatic N) is 2. The summed E-state index contributed by atoms with van der Waals surface area (Å²) < 4.78 is 6.07. The van der Waals surface area contributed by atoms with E-state index in [1.807, 2.05) is 12.3 Å². The Morgan fingerprint density at radius 1 is 1.09 bits per heavy atom. The molecule has 1 atom stereocenters. The molecular weight excluding hydrogens is 272 g/mol. The summed E-state index contributed by atoms with van der Waals surface area (Å²) in [5.41, 5.74) is 2.94. The van der Waals surface area contributed by atoms with E-state index in [2.05, 4.69) is 52.3 Å². The van der Waals surface area contributed by atoms with E-state index < -0.39 is 0 Å². The van der Waals surface area contributed by atoms with E-state index in [4.69, 9.17) is 4.74 Å². The second-order valence-corrected chi connectivity index (χ2v) is 6.79. The summed E-state index contributed by atoms with van der Waals surface area (Å²) >= 11 is 0. The van der Waals surface area contributed by atoms with Crippen LogP contribution >= 0.6 is 0 Å². The highest BCUT2D eigenvalue weighted by Gasteiger charge is 2.48. The standard InChI is InChI=1S/C19H22N2O/c1-2-6-16(7-3-1)10-18-11-19(15-22-18)13-21(14-19)12-17-8-4-5-9-20-17/h1-9,18H,10-15H2/t18-/m1/s1. The highest BCUT2D eigenvalue weighted by molar-refractivity contribution is 5.16. The van der Waals surface area contributed by atoms with Crippen molar-refractivity contribution >= 4 is 0 Å². The second-order valence-electron chi connectivity index (χ2n) is 6.79. The molecule has 0 radical (unpaired) electrons. The van der Waals surface area contributed by atoms with Gasteiger partial charge in [-0.2, -0.15) is 0 Å². The van der Waals surface area contributed by atoms with Crippen LogP contribution in [0.25, 0.3) is 0 Å². The summed E-state index contributed by atoms with van der Waals surface area (Å²) in [6, 6.07) is 16.8. The van der Waals surface area contributed by atoms with Gasteiger partial charge in [-0.25, -0.2) is 0 Å². The van der Waals surface area contributed by atoms with E-state index in [1.165, 1.54) is 12.0 Å². The summed E-state index contributed by atoms with van der Waals surface area (Å²) in [6.07, 6.45) is 4.50. The van der Waals surface area contributed by atoms with E-state index >= 15 is 0 Å². The number of pyridine rings is 1. The molecule has 2 aromatic rings. The second kappa shape index (κ2) is 5.82. The van der Waals surface area contributed by atoms with Gasteiger partial charge in [0.15, 0.2) is 0 Å². The third kappa shape index (κ3) is 2.92. The SMILES string of the molecule is c1ccc(C[C@@H]2CC3(CO2)CN(Cc2ccccn2)C3)cc1. The Balaban J connectivity index is 1.29. The highest BCUT2D eigenvalue weighted by Crippen LogP contribution is 2.42. The van der Waals surface area contributed by atoms with E-state index in [0.29, 0.717) is 11.5 Å². The van der Waals surface area contributed by atoms with E-state index in [1.54, 1.807) is 0 Å². The van der Waals surface area contributed by atoms with Crippen molar-refractivity contribution in [1.82, 2.24) is 9.88 Å². The van der Waals surface area contributed by atoms with Gasteiger partial charge in [0.05, 0.1) is 18.4 Å². The first-order valence-corrected chi connectivity index (χ1v) is 8.09. The molecule has 1 aromatic carbocycles. The monoisotopic (exact) mass is 294 g/mol. The zero-order valence-electron chi connectivity index (χ0n) is 12.8. The first-order chi connectivity index (χ1) is 10.8. The highest BCUT2D eigenvalue weighted by atomic mass is 16.5. The minimum absolute atomic E-state index is 0.388. The number of hydrogen-bond acceptors (Lipinski definition) is 3. The normalized spacial score (nSPS) is 23.5. The van der Waals surface area contributed by atoms with Crippen LogP contribution in [0.3, 0.4) is 0 Å². The van der Waals surface area contributed by atoms with E-state index in [0.717, 1.165) is 38.4 Å². The number of rotatable bonds is 4. The molecule has 0 aliphatic carbocycles. The van der Waals surface area contributed by atoms with Gasteiger partial charge in [0, 0.05) is 31.2 Å². The molecule has 3 heteroatoms. The molecule has 0 unspecified atom stereocenters. The van der Waals surface area contributed by atoms with Gasteiger partial charge in [0.1, 0.15) is 0 Å². The van der Waals surface area contributed by atoms with Gasteiger partial charge < -0.3 is 4.74 Å². The fraction of sp³-hybridized carbons (Fsp3) is 0.421. The van der Waals surface area contributed by atoms with Gasteiger partial charge in [-0.1, -0.05) is 36.4 Å². The van der Waals surface area contributed by atoms with Gasteiger partial charge in [-0.3, -0.25) is 9.88 Å². The van der Waals surface area contributed by atoms with Crippen molar-refractivity contribution in [2.75, 3.05) is 19.7 Å². The van der Waals surface area contributed by atoms with E-state index in [9.17, 15) is 0 Å². The van der Waals surface area contributed by atoms with Crippen LogP contribution in [0.5, 0.6) is 0 Å². The molecule has 2 aliphatic heterocycles. The van der Waals surface area contributed by atoms with Gasteiger partial charge in [-0.15, -0.1) is 0 Å². The van der Waals surface area contributed by atoms with Gasteiger partial charge >= 0.3 is 0 Å². The Morgan fingerprint density at radius 3 is 2.68 bits per heavy atom. The Morgan fingerprint density at radius 2 is 1.91 bits per heavy atom. The predicted octanol–water partition coefficient (Wildman–Crippen LogP) is 2.92. The predicted molar refractivity (Wildman–Crippen MR) is 86.5 cm³/mol. The quantitative estimate of drug-likeness (QED) is 0.867. The molecule has 0 N–H and O–H groups in total. The molecule has 2 aliphatic rings. The fourth-order valence-corrected chi connectivity index (χ4v) is 3.86. The molecule has 1 aromatic heterocycles. The number of likely N-dealkylation sites (tertiary alicyclic amines) is 1. The maximum Gasteiger partial charge on any atom is 0.0622 e. The van der Waals surface area contributed by atoms with Crippen LogP contribution in [0.2, 0.25) is 0 Å². The molecule has 1 spiro atoms. The topological polar surface area (TPSA) is 25.4 Å². The molecule has 3 nitrogen and oxygen atoms in total. The van der Waals surface area contributed by atoms with Crippen molar-refractivity contribution in [3.05, 3.63) is 66.0 Å². The largest absolute Gasteiger partial charge is 0.377 e. The lowest BCUT2D eigenvalue weighted by molar-refractivity contribution is -0.0147. The number of aromatic nitrogens is 1. The first-order valence-electron chi connectivity index (χ1n) is 8.09. The summed E-state index contributed by atoms with van der Waals surface area (Å²) in [4.78, 5) is 6.90. The molecule has 4 rings (SSSR count). The lowest BCUT2D eigenvalue weighted by Gasteiger charge is -2.47. The fourth-order valence-electron chi connectivity index (χ4n) is 3.86. The maximum absolute atomic E-state index is 6.07. The van der Waals surface area contributed by atoms with Crippen molar-refractivity contribution < 1.29 is 4.74 Å². The van der Waals surface area contributed by atoms with Crippen LogP contribution in [0, 0.1) is 5.41 Å². The molecule has 22 heavy (non-hydrogen) atoms. The Hall–Kier alpha value is -1.71. The zero-order valence-corrected chi connectivity index (χ0v) is 12.8. The number of hydrogen-bond donors (Lipinski definition) is 0. The molecule has 0 saturated carbocycles. The Kier molecular flexibility index (Phi) is 3.68. The van der Waals surface area contributed by atoms with Crippen molar-refractivity contribution in [2.24, 2.45) is 5.41 Å². The smallest absolute Gasteiger partial charge is 0.0622 e. The average Bonchev–Trinajstić information content (AvgIpc) is 2.93. The summed E-state index contributed by atoms with van der Waals surface area (Å²) in [7, 11) is 0. The Bertz CT molecular complexity index is 608. The number of benzene rings is 1. The van der Waals surface area contributed by atoms with Gasteiger partial charge in [0.2, 0.25) is 0 Å². The van der Waals surface area contributed by atoms with Crippen LogP contribution in [-0.2, 0) is 17.7 Å². The van der Waals surface area contributed by atoms with Crippen LogP contribution in [0.4, 0.5) is 0 Å². The van der Waals surface area contributed by atoms with Crippen LogP contribution in [-0.4, -0.2) is 35.7 Å². The summed E-state index contributed by atoms with van der Waals surface area (Å²) in [5.74, 6) is 0. The van der Waals surface area contributed by atoms with Gasteiger partial charge in [-0.05, 0) is 30.5 Å². The van der Waals surface area contributed by atoms with Crippen LogP contribution < -0.4 is 0 Å². The zero-order chi connectivity index (χ0) is 14.8. The molecular formula is C19H22N2O. The van der Waals surface area contributed by atoms with Crippen molar-refractivity contribution in [3.63, 3.8) is 0 Å². The average molecular weight is 294 g/mol. The summed E-state index contributed by atoms with van der Waals surface area (Å²) in [6.45, 7) is 4.18. The number of ether oxygens (including phenoxy) is 1. The maximum atomic E-state index is 6.07. The molecule has 2 fully saturated rings. The van der Waals surface area contributed by atoms with Crippen molar-refractivity contribution in [2.45, 2.75) is 25.5 Å². The third-order valence-corrected chi connectivity index (χ3v) is 4.82. The third-order valence-electron chi connectivity index (χ3n) is 4.82. The molecule has 0 amide bonds. The minimum Gasteiger partial charge on any atom is -0.377 e. The lowest BCUT2D eigenvalue weighted by atomic mass is 9.77.